The van der Waals surface area contributed by atoms with Gasteiger partial charge < -0.3 is 0 Å². The van der Waals surface area contributed by atoms with Gasteiger partial charge in [-0.05, 0) is 0 Å². The molecule has 0 aromatic rings. The van der Waals surface area contributed by atoms with Gasteiger partial charge in [0.25, 0.3) is 0 Å². The molecule has 68 valence electrons. The Labute approximate surface area is 64.5 Å². The summed E-state index contributed by atoms with van der Waals surface area (Å²) in [5.41, 5.74) is 0. The maximum atomic E-state index is 11.1. The first-order valence-corrected chi connectivity index (χ1v) is 7.00. The average molecular weight is 202 g/mol. The van der Waals surface area contributed by atoms with E-state index >= 15 is 0 Å². The smallest absolute Gasteiger partial charge is 0.289 e. The van der Waals surface area contributed by atoms with E-state index in [0.29, 0.717) is 6.26 Å². The fourth-order valence-electron chi connectivity index (χ4n) is 0.353. The van der Waals surface area contributed by atoms with Gasteiger partial charge in [0.05, 0.1) is 5.75 Å². The van der Waals surface area contributed by atoms with Crippen molar-refractivity contribution < 1.29 is 21.7 Å². The summed E-state index contributed by atoms with van der Waals surface area (Å²) in [6, 6.07) is 0. The Kier molecular flexibility index (Phi) is 2.32. The zero-order chi connectivity index (χ0) is 9.36. The molecular weight excluding hydrogens is 192 g/mol. The van der Waals surface area contributed by atoms with Crippen LogP contribution in [-0.4, -0.2) is 33.7 Å². The lowest BCUT2D eigenvalue weighted by Crippen LogP contribution is -2.41. The second-order valence-electron chi connectivity index (χ2n) is 2.27. The minimum atomic E-state index is -4.96. The third-order valence-corrected chi connectivity index (χ3v) is 6.75. The molecule has 0 rings (SSSR count). The van der Waals surface area contributed by atoms with E-state index in [0.717, 1.165) is 6.08 Å². The topological polar surface area (TPSA) is 91.7 Å². The van der Waals surface area contributed by atoms with E-state index in [4.69, 9.17) is 9.11 Å². The van der Waals surface area contributed by atoms with Crippen LogP contribution in [0.5, 0.6) is 0 Å². The first-order chi connectivity index (χ1) is 4.59. The first kappa shape index (κ1) is 10.8. The van der Waals surface area contributed by atoms with Gasteiger partial charge in [0.15, 0.2) is 0 Å². The molecule has 0 atom stereocenters. The van der Waals surface area contributed by atoms with Crippen LogP contribution in [-0.2, 0) is 17.5 Å². The quantitative estimate of drug-likeness (QED) is 0.379. The molecule has 0 aliphatic rings. The van der Waals surface area contributed by atoms with Crippen LogP contribution in [0.3, 0.4) is 0 Å². The van der Waals surface area contributed by atoms with Crippen LogP contribution in [0.25, 0.3) is 0 Å². The second-order valence-corrected chi connectivity index (χ2v) is 10.1. The maximum absolute atomic E-state index is 11.1. The van der Waals surface area contributed by atoms with Gasteiger partial charge >= 0.3 is 9.15 Å². The molecule has 11 heavy (non-hydrogen) atoms. The van der Waals surface area contributed by atoms with Crippen molar-refractivity contribution in [1.29, 1.82) is 0 Å². The highest BCUT2D eigenvalue weighted by Crippen LogP contribution is 2.23. The zero-order valence-corrected chi connectivity index (χ0v) is 7.56. The Morgan fingerprint density at radius 1 is 1.64 bits per heavy atom. The van der Waals surface area contributed by atoms with Crippen LogP contribution in [0.2, 0.25) is 0 Å². The Bertz CT molecular complexity index is 318. The molecule has 0 aliphatic heterocycles. The summed E-state index contributed by atoms with van der Waals surface area (Å²) >= 11 is 0. The molecule has 7 heteroatoms. The minimum Gasteiger partial charge on any atom is -0.289 e. The number of hydrogen-bond acceptors (Lipinski definition) is 3. The number of rotatable bonds is 3. The molecule has 0 aromatic carbocycles. The third kappa shape index (κ3) is 2.09. The molecule has 0 aliphatic carbocycles. The van der Waals surface area contributed by atoms with Crippen molar-refractivity contribution >= 4 is 17.5 Å². The van der Waals surface area contributed by atoms with Crippen LogP contribution < -0.4 is 0 Å². The van der Waals surface area contributed by atoms with Gasteiger partial charge in [0.2, 0.25) is 0 Å². The van der Waals surface area contributed by atoms with Gasteiger partial charge in [-0.2, -0.15) is 12.6 Å². The molecule has 0 fully saturated rings. The van der Waals surface area contributed by atoms with Crippen molar-refractivity contribution in [2.75, 3.05) is 12.0 Å². The van der Waals surface area contributed by atoms with Gasteiger partial charge in [0, 0.05) is 6.26 Å². The zero-order valence-electron chi connectivity index (χ0n) is 5.93. The fraction of sp³-hybridized carbons (Fsp3) is 0.500. The molecular formula is C4H10O5S2. The minimum absolute atomic E-state index is 0.578. The van der Waals surface area contributed by atoms with E-state index < -0.39 is 23.3 Å². The van der Waals surface area contributed by atoms with E-state index in [9.17, 15) is 12.6 Å². The molecule has 0 unspecified atom stereocenters. The lowest BCUT2D eigenvalue weighted by atomic mass is 10.8. The lowest BCUT2D eigenvalue weighted by molar-refractivity contribution is 0.475. The first-order valence-electron chi connectivity index (χ1n) is 2.55. The largest absolute Gasteiger partial charge is 0.366 e. The normalized spacial score (nSPS) is 16.8. The van der Waals surface area contributed by atoms with Crippen LogP contribution in [0, 0.1) is 0 Å². The van der Waals surface area contributed by atoms with Gasteiger partial charge in [-0.25, -0.2) is 0 Å². The molecule has 0 radical (unpaired) electrons. The fourth-order valence-corrected chi connectivity index (χ4v) is 1.86. The van der Waals surface area contributed by atoms with Gasteiger partial charge in [-0.15, -0.1) is 6.58 Å². The molecule has 0 amide bonds. The Morgan fingerprint density at radius 3 is 2.09 bits per heavy atom. The van der Waals surface area contributed by atoms with Crippen LogP contribution in [0.4, 0.5) is 0 Å². The molecule has 0 saturated heterocycles. The summed E-state index contributed by atoms with van der Waals surface area (Å²) in [4.78, 5) is 0. The summed E-state index contributed by atoms with van der Waals surface area (Å²) in [7, 11) is -9.89. The molecule has 0 heterocycles. The van der Waals surface area contributed by atoms with Crippen molar-refractivity contribution in [3.05, 3.63) is 12.7 Å². The van der Waals surface area contributed by atoms with E-state index in [-0.39, 0.29) is 0 Å². The van der Waals surface area contributed by atoms with Crippen LogP contribution >= 0.6 is 0 Å². The molecule has 5 nitrogen and oxygen atoms in total. The highest BCUT2D eigenvalue weighted by Gasteiger charge is 2.34. The van der Waals surface area contributed by atoms with Crippen molar-refractivity contribution in [3.8, 4) is 0 Å². The summed E-state index contributed by atoms with van der Waals surface area (Å²) in [5.74, 6) is -0.671. The highest BCUT2D eigenvalue weighted by molar-refractivity contribution is 8.76. The number of hydrogen-bond donors (Lipinski definition) is 2. The SMILES string of the molecule is C=CCS(C)(=O)(O)S(=O)(=O)O. The van der Waals surface area contributed by atoms with Crippen molar-refractivity contribution in [3.63, 3.8) is 0 Å². The van der Waals surface area contributed by atoms with E-state index in [1.54, 1.807) is 0 Å². The van der Waals surface area contributed by atoms with Gasteiger partial charge in [-0.1, -0.05) is 14.5 Å². The standard InChI is InChI=1S/C4H10O5S2/c1-3-4-11(2,8,9)10(5,6)7/h3H,1,4H2,2H3,(H,8,9)(H,5,6,7). The summed E-state index contributed by atoms with van der Waals surface area (Å²) < 4.78 is 49.1. The Hall–Kier alpha value is -0.240. The second kappa shape index (κ2) is 2.37. The summed E-state index contributed by atoms with van der Waals surface area (Å²) in [6.07, 6.45) is 1.54. The van der Waals surface area contributed by atoms with E-state index in [1.807, 2.05) is 0 Å². The predicted molar refractivity (Wildman–Crippen MR) is 43.3 cm³/mol. The van der Waals surface area contributed by atoms with Crippen LogP contribution in [0.1, 0.15) is 0 Å². The summed E-state index contributed by atoms with van der Waals surface area (Å²) in [6.45, 7) is 3.10. The van der Waals surface area contributed by atoms with Crippen molar-refractivity contribution in [2.45, 2.75) is 0 Å². The molecule has 0 spiro atoms. The molecule has 0 aromatic heterocycles. The van der Waals surface area contributed by atoms with Crippen molar-refractivity contribution in [2.24, 2.45) is 0 Å². The van der Waals surface area contributed by atoms with Gasteiger partial charge in [-0.3, -0.25) is 9.11 Å². The lowest BCUT2D eigenvalue weighted by Gasteiger charge is -2.33. The summed E-state index contributed by atoms with van der Waals surface area (Å²) in [5, 5.41) is 0. The monoisotopic (exact) mass is 202 g/mol. The molecule has 2 N–H and O–H groups in total. The van der Waals surface area contributed by atoms with E-state index in [2.05, 4.69) is 6.58 Å². The Balaban J connectivity index is 5.32. The average Bonchev–Trinajstić information content (AvgIpc) is 1.58. The highest BCUT2D eigenvalue weighted by atomic mass is 33.2. The Morgan fingerprint density at radius 2 is 2.00 bits per heavy atom. The van der Waals surface area contributed by atoms with E-state index in [1.165, 1.54) is 0 Å². The van der Waals surface area contributed by atoms with Crippen molar-refractivity contribution in [1.82, 2.24) is 0 Å². The molecule has 0 bridgehead atoms. The maximum Gasteiger partial charge on any atom is 0.366 e. The van der Waals surface area contributed by atoms with Gasteiger partial charge in [0.1, 0.15) is 0 Å². The third-order valence-electron chi connectivity index (χ3n) is 1.03. The van der Waals surface area contributed by atoms with Crippen LogP contribution in [0.15, 0.2) is 12.7 Å². The molecule has 0 saturated carbocycles. The predicted octanol–water partition coefficient (Wildman–Crippen LogP) is -0.102.